The van der Waals surface area contributed by atoms with E-state index in [2.05, 4.69) is 10.3 Å². The Balaban J connectivity index is 0.00000338. The Morgan fingerprint density at radius 1 is 1.04 bits per heavy atom. The topological polar surface area (TPSA) is 78.1 Å². The lowest BCUT2D eigenvalue weighted by Gasteiger charge is -2.11. The second kappa shape index (κ2) is 11.5. The second-order valence-corrected chi connectivity index (χ2v) is 5.29. The zero-order chi connectivity index (χ0) is 18.1. The summed E-state index contributed by atoms with van der Waals surface area (Å²) in [7, 11) is 3.22. The zero-order valence-corrected chi connectivity index (χ0v) is 17.7. The number of nitrogens with two attached hydrogens (primary N) is 1. The summed E-state index contributed by atoms with van der Waals surface area (Å²) >= 11 is 0. The highest BCUT2D eigenvalue weighted by atomic mass is 127. The fourth-order valence-corrected chi connectivity index (χ4v) is 2.34. The maximum atomic E-state index is 5.96. The molecule has 2 aromatic carbocycles. The first-order chi connectivity index (χ1) is 12.2. The van der Waals surface area contributed by atoms with Crippen LogP contribution < -0.4 is 25.3 Å². The van der Waals surface area contributed by atoms with Crippen LogP contribution in [0.3, 0.4) is 0 Å². The van der Waals surface area contributed by atoms with Crippen molar-refractivity contribution in [3.8, 4) is 17.2 Å². The van der Waals surface area contributed by atoms with E-state index in [0.29, 0.717) is 37.2 Å². The minimum absolute atomic E-state index is 0. The molecule has 3 N–H and O–H groups in total. The fraction of sp³-hybridized carbons (Fsp3) is 0.316. The average molecular weight is 471 g/mol. The molecule has 0 amide bonds. The Morgan fingerprint density at radius 2 is 1.77 bits per heavy atom. The van der Waals surface area contributed by atoms with Crippen LogP contribution in [0.15, 0.2) is 47.5 Å². The van der Waals surface area contributed by atoms with Gasteiger partial charge in [-0.05, 0) is 30.7 Å². The highest BCUT2D eigenvalue weighted by Gasteiger charge is 2.05. The molecule has 0 aliphatic rings. The second-order valence-electron chi connectivity index (χ2n) is 5.29. The Kier molecular flexibility index (Phi) is 9.64. The summed E-state index contributed by atoms with van der Waals surface area (Å²) < 4.78 is 16.1. The summed E-state index contributed by atoms with van der Waals surface area (Å²) in [6.45, 7) is 3.59. The number of nitrogens with one attached hydrogen (secondary N) is 1. The van der Waals surface area contributed by atoms with Gasteiger partial charge in [-0.25, -0.2) is 4.99 Å². The molecule has 0 atom stereocenters. The van der Waals surface area contributed by atoms with Gasteiger partial charge < -0.3 is 25.3 Å². The van der Waals surface area contributed by atoms with Crippen LogP contribution in [0, 0.1) is 0 Å². The van der Waals surface area contributed by atoms with Crippen molar-refractivity contribution < 1.29 is 14.2 Å². The van der Waals surface area contributed by atoms with E-state index in [4.69, 9.17) is 19.9 Å². The van der Waals surface area contributed by atoms with Crippen molar-refractivity contribution in [2.24, 2.45) is 10.7 Å². The molecule has 6 nitrogen and oxygen atoms in total. The zero-order valence-electron chi connectivity index (χ0n) is 15.3. The summed E-state index contributed by atoms with van der Waals surface area (Å²) in [5, 5.41) is 3.11. The van der Waals surface area contributed by atoms with E-state index in [1.165, 1.54) is 0 Å². The Morgan fingerprint density at radius 3 is 2.46 bits per heavy atom. The minimum Gasteiger partial charge on any atom is -0.494 e. The molecular weight excluding hydrogens is 445 g/mol. The first kappa shape index (κ1) is 21.9. The van der Waals surface area contributed by atoms with Crippen LogP contribution in [-0.2, 0) is 13.1 Å². The Labute approximate surface area is 171 Å². The van der Waals surface area contributed by atoms with Crippen molar-refractivity contribution in [2.75, 3.05) is 20.8 Å². The lowest BCUT2D eigenvalue weighted by molar-refractivity contribution is 0.336. The predicted molar refractivity (Wildman–Crippen MR) is 115 cm³/mol. The first-order valence-corrected chi connectivity index (χ1v) is 8.13. The number of halogens is 1. The van der Waals surface area contributed by atoms with Gasteiger partial charge in [0.2, 0.25) is 0 Å². The SMILES string of the molecule is CCOc1ccccc1CNC(N)=NCc1ccc(OC)c(OC)c1.I. The van der Waals surface area contributed by atoms with Crippen LogP contribution >= 0.6 is 24.0 Å². The summed E-state index contributed by atoms with van der Waals surface area (Å²) in [5.74, 6) is 2.59. The number of rotatable bonds is 8. The smallest absolute Gasteiger partial charge is 0.189 e. The standard InChI is InChI=1S/C19H25N3O3.HI/c1-4-25-16-8-6-5-7-15(16)13-22-19(20)21-12-14-9-10-17(23-2)18(11-14)24-3;/h5-11H,4,12-13H2,1-3H3,(H3,20,21,22);1H. The van der Waals surface area contributed by atoms with Gasteiger partial charge in [-0.2, -0.15) is 0 Å². The normalized spacial score (nSPS) is 10.7. The maximum absolute atomic E-state index is 5.96. The first-order valence-electron chi connectivity index (χ1n) is 8.13. The van der Waals surface area contributed by atoms with Gasteiger partial charge in [-0.15, -0.1) is 24.0 Å². The van der Waals surface area contributed by atoms with Gasteiger partial charge in [0.25, 0.3) is 0 Å². The number of hydrogen-bond acceptors (Lipinski definition) is 4. The van der Waals surface area contributed by atoms with Crippen LogP contribution in [0.5, 0.6) is 17.2 Å². The van der Waals surface area contributed by atoms with Crippen LogP contribution in [-0.4, -0.2) is 26.8 Å². The van der Waals surface area contributed by atoms with E-state index in [1.54, 1.807) is 14.2 Å². The highest BCUT2D eigenvalue weighted by Crippen LogP contribution is 2.27. The molecule has 0 bridgehead atoms. The number of aliphatic imine (C=N–C) groups is 1. The quantitative estimate of drug-likeness (QED) is 0.351. The third-order valence-electron chi connectivity index (χ3n) is 3.61. The van der Waals surface area contributed by atoms with Gasteiger partial charge in [-0.1, -0.05) is 24.3 Å². The van der Waals surface area contributed by atoms with Gasteiger partial charge in [0.15, 0.2) is 17.5 Å². The number of nitrogens with zero attached hydrogens (tertiary/aromatic N) is 1. The van der Waals surface area contributed by atoms with Crippen molar-refractivity contribution in [2.45, 2.75) is 20.0 Å². The average Bonchev–Trinajstić information content (AvgIpc) is 2.65. The lowest BCUT2D eigenvalue weighted by atomic mass is 10.2. The Bertz CT molecular complexity index is 723. The van der Waals surface area contributed by atoms with Crippen LogP contribution in [0.4, 0.5) is 0 Å². The molecule has 0 saturated carbocycles. The van der Waals surface area contributed by atoms with Crippen LogP contribution in [0.25, 0.3) is 0 Å². The van der Waals surface area contributed by atoms with Crippen LogP contribution in [0.1, 0.15) is 18.1 Å². The summed E-state index contributed by atoms with van der Waals surface area (Å²) in [6.07, 6.45) is 0. The molecule has 0 aliphatic carbocycles. The van der Waals surface area contributed by atoms with Crippen molar-refractivity contribution in [1.29, 1.82) is 0 Å². The fourth-order valence-electron chi connectivity index (χ4n) is 2.34. The number of benzene rings is 2. The molecule has 7 heteroatoms. The lowest BCUT2D eigenvalue weighted by Crippen LogP contribution is -2.31. The molecule has 0 spiro atoms. The molecule has 0 fully saturated rings. The van der Waals surface area contributed by atoms with E-state index in [0.717, 1.165) is 16.9 Å². The Hall–Kier alpha value is -2.16. The van der Waals surface area contributed by atoms with Gasteiger partial charge in [0.1, 0.15) is 5.75 Å². The third-order valence-corrected chi connectivity index (χ3v) is 3.61. The number of guanidine groups is 1. The van der Waals surface area contributed by atoms with Crippen molar-refractivity contribution in [1.82, 2.24) is 5.32 Å². The van der Waals surface area contributed by atoms with E-state index >= 15 is 0 Å². The van der Waals surface area contributed by atoms with E-state index < -0.39 is 0 Å². The van der Waals surface area contributed by atoms with Gasteiger partial charge >= 0.3 is 0 Å². The summed E-state index contributed by atoms with van der Waals surface area (Å²) in [4.78, 5) is 4.36. The summed E-state index contributed by atoms with van der Waals surface area (Å²) in [6, 6.07) is 13.5. The molecule has 0 aliphatic heterocycles. The van der Waals surface area contributed by atoms with E-state index in [-0.39, 0.29) is 24.0 Å². The van der Waals surface area contributed by atoms with E-state index in [1.807, 2.05) is 49.4 Å². The number of methoxy groups -OCH3 is 2. The molecule has 0 aromatic heterocycles. The largest absolute Gasteiger partial charge is 0.494 e. The molecular formula is C19H26IN3O3. The van der Waals surface area contributed by atoms with Gasteiger partial charge in [0, 0.05) is 12.1 Å². The maximum Gasteiger partial charge on any atom is 0.189 e. The minimum atomic E-state index is 0. The molecule has 142 valence electrons. The number of ether oxygens (including phenoxy) is 3. The van der Waals surface area contributed by atoms with Crippen LogP contribution in [0.2, 0.25) is 0 Å². The number of para-hydroxylation sites is 1. The molecule has 0 unspecified atom stereocenters. The van der Waals surface area contributed by atoms with Gasteiger partial charge in [-0.3, -0.25) is 0 Å². The van der Waals surface area contributed by atoms with E-state index in [9.17, 15) is 0 Å². The highest BCUT2D eigenvalue weighted by molar-refractivity contribution is 14.0. The monoisotopic (exact) mass is 471 g/mol. The molecule has 26 heavy (non-hydrogen) atoms. The molecule has 0 heterocycles. The molecule has 2 rings (SSSR count). The van der Waals surface area contributed by atoms with Gasteiger partial charge in [0.05, 0.1) is 27.4 Å². The third kappa shape index (κ3) is 6.29. The molecule has 0 radical (unpaired) electrons. The summed E-state index contributed by atoms with van der Waals surface area (Å²) in [5.41, 5.74) is 7.98. The van der Waals surface area contributed by atoms with Crippen molar-refractivity contribution >= 4 is 29.9 Å². The van der Waals surface area contributed by atoms with Crippen molar-refractivity contribution in [3.63, 3.8) is 0 Å². The molecule has 0 saturated heterocycles. The molecule has 2 aromatic rings. The predicted octanol–water partition coefficient (Wildman–Crippen LogP) is 3.33. The van der Waals surface area contributed by atoms with Crippen molar-refractivity contribution in [3.05, 3.63) is 53.6 Å². The number of hydrogen-bond donors (Lipinski definition) is 2.